The zero-order chi connectivity index (χ0) is 14.7. The van der Waals surface area contributed by atoms with E-state index >= 15 is 0 Å². The van der Waals surface area contributed by atoms with Crippen molar-refractivity contribution in [2.75, 3.05) is 5.32 Å². The van der Waals surface area contributed by atoms with Gasteiger partial charge in [0, 0.05) is 18.1 Å². The molecular weight excluding hydrogens is 270 g/mol. The van der Waals surface area contributed by atoms with E-state index in [1.165, 1.54) is 24.5 Å². The summed E-state index contributed by atoms with van der Waals surface area (Å²) in [6.45, 7) is 0. The van der Waals surface area contributed by atoms with Gasteiger partial charge in [0.25, 0.3) is 5.91 Å². The number of halogens is 2. The SMILES string of the molecule is O=C(O)c1cc(F)c(F)cc1C(=O)Nc1ccncc1. The molecule has 2 aromatic rings. The van der Waals surface area contributed by atoms with Gasteiger partial charge in [-0.2, -0.15) is 0 Å². The minimum absolute atomic E-state index is 0.353. The van der Waals surface area contributed by atoms with Crippen molar-refractivity contribution in [3.8, 4) is 0 Å². The number of aromatic carboxylic acids is 1. The molecule has 0 aliphatic rings. The molecule has 0 aliphatic heterocycles. The number of hydrogen-bond donors (Lipinski definition) is 2. The molecule has 1 aromatic heterocycles. The number of hydrogen-bond acceptors (Lipinski definition) is 3. The Hall–Kier alpha value is -2.83. The maximum atomic E-state index is 13.2. The van der Waals surface area contributed by atoms with Crippen LogP contribution in [0.5, 0.6) is 0 Å². The van der Waals surface area contributed by atoms with Gasteiger partial charge in [-0.05, 0) is 24.3 Å². The van der Waals surface area contributed by atoms with E-state index in [0.717, 1.165) is 0 Å². The maximum absolute atomic E-state index is 13.2. The van der Waals surface area contributed by atoms with Gasteiger partial charge in [-0.15, -0.1) is 0 Å². The molecule has 0 spiro atoms. The van der Waals surface area contributed by atoms with Crippen LogP contribution in [0.25, 0.3) is 0 Å². The average molecular weight is 278 g/mol. The Morgan fingerprint density at radius 2 is 1.60 bits per heavy atom. The fourth-order valence-electron chi connectivity index (χ4n) is 1.55. The van der Waals surface area contributed by atoms with Crippen LogP contribution in [-0.2, 0) is 0 Å². The lowest BCUT2D eigenvalue weighted by Crippen LogP contribution is -2.17. The largest absolute Gasteiger partial charge is 0.478 e. The Morgan fingerprint density at radius 1 is 1.05 bits per heavy atom. The lowest BCUT2D eigenvalue weighted by atomic mass is 10.1. The molecule has 1 aromatic carbocycles. The van der Waals surface area contributed by atoms with Crippen LogP contribution < -0.4 is 5.32 Å². The molecule has 2 rings (SSSR count). The van der Waals surface area contributed by atoms with Crippen molar-refractivity contribution in [3.05, 3.63) is 59.4 Å². The summed E-state index contributed by atoms with van der Waals surface area (Å²) in [5.41, 5.74) is -0.727. The molecule has 7 heteroatoms. The third kappa shape index (κ3) is 2.77. The maximum Gasteiger partial charge on any atom is 0.336 e. The highest BCUT2D eigenvalue weighted by atomic mass is 19.2. The predicted molar refractivity (Wildman–Crippen MR) is 65.5 cm³/mol. The third-order valence-electron chi connectivity index (χ3n) is 2.47. The summed E-state index contributed by atoms with van der Waals surface area (Å²) in [6, 6.07) is 3.96. The zero-order valence-corrected chi connectivity index (χ0v) is 9.93. The molecule has 0 saturated carbocycles. The molecule has 0 radical (unpaired) electrons. The zero-order valence-electron chi connectivity index (χ0n) is 9.93. The van der Waals surface area contributed by atoms with Gasteiger partial charge in [0.05, 0.1) is 11.1 Å². The summed E-state index contributed by atoms with van der Waals surface area (Å²) >= 11 is 0. The molecule has 1 heterocycles. The molecule has 1 amide bonds. The van der Waals surface area contributed by atoms with Gasteiger partial charge in [-0.25, -0.2) is 13.6 Å². The van der Waals surface area contributed by atoms with Crippen LogP contribution in [0.15, 0.2) is 36.7 Å². The van der Waals surface area contributed by atoms with Gasteiger partial charge < -0.3 is 10.4 Å². The lowest BCUT2D eigenvalue weighted by Gasteiger charge is -2.08. The normalized spacial score (nSPS) is 10.1. The Kier molecular flexibility index (Phi) is 3.69. The number of benzene rings is 1. The van der Waals surface area contributed by atoms with Crippen LogP contribution in [0.2, 0.25) is 0 Å². The topological polar surface area (TPSA) is 79.3 Å². The van der Waals surface area contributed by atoms with Gasteiger partial charge >= 0.3 is 5.97 Å². The number of rotatable bonds is 3. The van der Waals surface area contributed by atoms with Crippen molar-refractivity contribution >= 4 is 17.6 Å². The number of aromatic nitrogens is 1. The summed E-state index contributed by atoms with van der Waals surface area (Å²) in [7, 11) is 0. The number of carbonyl (C=O) groups excluding carboxylic acids is 1. The van der Waals surface area contributed by atoms with Crippen molar-refractivity contribution in [2.24, 2.45) is 0 Å². The molecule has 20 heavy (non-hydrogen) atoms. The van der Waals surface area contributed by atoms with E-state index in [-0.39, 0.29) is 0 Å². The second kappa shape index (κ2) is 5.43. The van der Waals surface area contributed by atoms with Crippen LogP contribution >= 0.6 is 0 Å². The minimum atomic E-state index is -1.52. The van der Waals surface area contributed by atoms with Crippen molar-refractivity contribution in [3.63, 3.8) is 0 Å². The smallest absolute Gasteiger partial charge is 0.336 e. The number of carboxylic acid groups (broad SMARTS) is 1. The van der Waals surface area contributed by atoms with E-state index in [1.807, 2.05) is 0 Å². The van der Waals surface area contributed by atoms with E-state index in [1.54, 1.807) is 0 Å². The van der Waals surface area contributed by atoms with Gasteiger partial charge in [0.1, 0.15) is 0 Å². The van der Waals surface area contributed by atoms with E-state index in [0.29, 0.717) is 17.8 Å². The molecule has 0 aliphatic carbocycles. The van der Waals surface area contributed by atoms with Crippen LogP contribution in [0, 0.1) is 11.6 Å². The van der Waals surface area contributed by atoms with Gasteiger partial charge in [-0.1, -0.05) is 0 Å². The Labute approximate surface area is 111 Å². The molecule has 0 unspecified atom stereocenters. The minimum Gasteiger partial charge on any atom is -0.478 e. The lowest BCUT2D eigenvalue weighted by molar-refractivity contribution is 0.0691. The van der Waals surface area contributed by atoms with Crippen molar-refractivity contribution in [2.45, 2.75) is 0 Å². The molecule has 2 N–H and O–H groups in total. The predicted octanol–water partition coefficient (Wildman–Crippen LogP) is 2.31. The number of anilines is 1. The van der Waals surface area contributed by atoms with Gasteiger partial charge in [-0.3, -0.25) is 9.78 Å². The first-order valence-electron chi connectivity index (χ1n) is 5.42. The average Bonchev–Trinajstić information content (AvgIpc) is 2.42. The van der Waals surface area contributed by atoms with Crippen LogP contribution in [0.4, 0.5) is 14.5 Å². The van der Waals surface area contributed by atoms with Crippen molar-refractivity contribution in [1.82, 2.24) is 4.98 Å². The fraction of sp³-hybridized carbons (Fsp3) is 0. The van der Waals surface area contributed by atoms with E-state index in [2.05, 4.69) is 10.3 Å². The van der Waals surface area contributed by atoms with E-state index < -0.39 is 34.6 Å². The number of nitrogens with one attached hydrogen (secondary N) is 1. The molecule has 0 fully saturated rings. The molecule has 0 bridgehead atoms. The second-order valence-corrected chi connectivity index (χ2v) is 3.81. The molecule has 5 nitrogen and oxygen atoms in total. The monoisotopic (exact) mass is 278 g/mol. The highest BCUT2D eigenvalue weighted by Crippen LogP contribution is 2.17. The van der Waals surface area contributed by atoms with Crippen molar-refractivity contribution in [1.29, 1.82) is 0 Å². The van der Waals surface area contributed by atoms with Crippen molar-refractivity contribution < 1.29 is 23.5 Å². The first-order chi connectivity index (χ1) is 9.49. The first kappa shape index (κ1) is 13.6. The second-order valence-electron chi connectivity index (χ2n) is 3.81. The summed E-state index contributed by atoms with van der Waals surface area (Å²) in [4.78, 5) is 26.6. The van der Waals surface area contributed by atoms with Crippen LogP contribution in [-0.4, -0.2) is 22.0 Å². The number of carbonyl (C=O) groups is 2. The Bertz CT molecular complexity index is 675. The summed E-state index contributed by atoms with van der Waals surface area (Å²) < 4.78 is 26.2. The van der Waals surface area contributed by atoms with Gasteiger partial charge in [0.2, 0.25) is 0 Å². The standard InChI is InChI=1S/C13H8F2N2O3/c14-10-5-8(9(13(19)20)6-11(10)15)12(18)17-7-1-3-16-4-2-7/h1-6H,(H,19,20)(H,16,17,18). The Balaban J connectivity index is 2.39. The van der Waals surface area contributed by atoms with Crippen LogP contribution in [0.3, 0.4) is 0 Å². The third-order valence-corrected chi connectivity index (χ3v) is 2.47. The fourth-order valence-corrected chi connectivity index (χ4v) is 1.55. The molecule has 0 atom stereocenters. The number of amides is 1. The molecule has 102 valence electrons. The highest BCUT2D eigenvalue weighted by molar-refractivity contribution is 6.10. The summed E-state index contributed by atoms with van der Waals surface area (Å²) in [6.07, 6.45) is 2.83. The Morgan fingerprint density at radius 3 is 2.15 bits per heavy atom. The molecule has 0 saturated heterocycles. The number of carboxylic acids is 1. The molecular formula is C13H8F2N2O3. The summed E-state index contributed by atoms with van der Waals surface area (Å²) in [5, 5.41) is 11.3. The first-order valence-corrected chi connectivity index (χ1v) is 5.42. The number of pyridine rings is 1. The number of nitrogens with zero attached hydrogens (tertiary/aromatic N) is 1. The summed E-state index contributed by atoms with van der Waals surface area (Å²) in [5.74, 6) is -5.01. The quantitative estimate of drug-likeness (QED) is 0.903. The highest BCUT2D eigenvalue weighted by Gasteiger charge is 2.20. The van der Waals surface area contributed by atoms with E-state index in [4.69, 9.17) is 5.11 Å². The van der Waals surface area contributed by atoms with Crippen LogP contribution in [0.1, 0.15) is 20.7 Å². The van der Waals surface area contributed by atoms with E-state index in [9.17, 15) is 18.4 Å². The van der Waals surface area contributed by atoms with Gasteiger partial charge in [0.15, 0.2) is 11.6 Å².